The van der Waals surface area contributed by atoms with Gasteiger partial charge in [0.1, 0.15) is 28.0 Å². The van der Waals surface area contributed by atoms with Gasteiger partial charge in [0, 0.05) is 40.7 Å². The second-order valence-electron chi connectivity index (χ2n) is 7.35. The lowest BCUT2D eigenvalue weighted by Crippen LogP contribution is -2.17. The predicted molar refractivity (Wildman–Crippen MR) is 130 cm³/mol. The van der Waals surface area contributed by atoms with Gasteiger partial charge in [-0.25, -0.2) is 22.5 Å². The first-order valence-corrected chi connectivity index (χ1v) is 13.2. The van der Waals surface area contributed by atoms with Gasteiger partial charge in [0.2, 0.25) is 0 Å². The number of benzene rings is 2. The number of anilines is 2. The van der Waals surface area contributed by atoms with E-state index in [1.54, 1.807) is 24.4 Å². The second-order valence-corrected chi connectivity index (χ2v) is 10.6. The highest BCUT2D eigenvalue weighted by molar-refractivity contribution is 7.92. The molecule has 4 aromatic rings. The van der Waals surface area contributed by atoms with Gasteiger partial charge in [0.15, 0.2) is 5.82 Å². The maximum atomic E-state index is 14.9. The summed E-state index contributed by atoms with van der Waals surface area (Å²) >= 11 is 13.7. The van der Waals surface area contributed by atoms with E-state index in [2.05, 4.69) is 20.1 Å². The molecular formula is C21H16Cl2FN5O3S2. The fourth-order valence-electron chi connectivity index (χ4n) is 3.54. The lowest BCUT2D eigenvalue weighted by Gasteiger charge is -2.18. The van der Waals surface area contributed by atoms with Gasteiger partial charge in [-0.1, -0.05) is 23.2 Å². The molecule has 0 unspecified atom stereocenters. The van der Waals surface area contributed by atoms with Crippen molar-refractivity contribution in [1.82, 2.24) is 14.8 Å². The minimum Gasteiger partial charge on any atom is -0.455 e. The third kappa shape index (κ3) is 4.43. The van der Waals surface area contributed by atoms with E-state index >= 15 is 0 Å². The number of thiazole rings is 1. The molecule has 0 bridgehead atoms. The molecule has 13 heteroatoms. The van der Waals surface area contributed by atoms with Crippen LogP contribution in [0.1, 0.15) is 6.42 Å². The monoisotopic (exact) mass is 539 g/mol. The molecule has 8 nitrogen and oxygen atoms in total. The number of nitrogens with zero attached hydrogens (tertiary/aromatic N) is 3. The number of aromatic nitrogens is 3. The molecule has 0 spiro atoms. The summed E-state index contributed by atoms with van der Waals surface area (Å²) in [5.74, 6) is 0.187. The van der Waals surface area contributed by atoms with Gasteiger partial charge in [-0.05, 0) is 30.7 Å². The second kappa shape index (κ2) is 9.06. The molecule has 0 amide bonds. The SMILES string of the molecule is O=S(=O)(Nc1cscn1)c1cc(Cl)c(Oc2ccc(Cl)cc2-c2cnn3c2NCCC3)cc1F. The largest absolute Gasteiger partial charge is 0.455 e. The third-order valence-corrected chi connectivity index (χ3v) is 7.56. The van der Waals surface area contributed by atoms with E-state index in [4.69, 9.17) is 27.9 Å². The normalized spacial score (nSPS) is 13.3. The van der Waals surface area contributed by atoms with E-state index in [0.717, 1.165) is 43.0 Å². The Kier molecular flexibility index (Phi) is 6.11. The summed E-state index contributed by atoms with van der Waals surface area (Å²) < 4.78 is 50.1. The Morgan fingerprint density at radius 2 is 2.03 bits per heavy atom. The third-order valence-electron chi connectivity index (χ3n) is 5.08. The van der Waals surface area contributed by atoms with Crippen molar-refractivity contribution in [3.05, 3.63) is 63.3 Å². The van der Waals surface area contributed by atoms with Crippen molar-refractivity contribution in [2.75, 3.05) is 16.6 Å². The van der Waals surface area contributed by atoms with E-state index in [-0.39, 0.29) is 16.6 Å². The minimum absolute atomic E-state index is 0.0515. The number of nitrogens with one attached hydrogen (secondary N) is 2. The number of sulfonamides is 1. The van der Waals surface area contributed by atoms with Crippen LogP contribution in [-0.2, 0) is 16.6 Å². The zero-order valence-corrected chi connectivity index (χ0v) is 20.4. The lowest BCUT2D eigenvalue weighted by atomic mass is 10.1. The molecule has 2 aromatic heterocycles. The Hall–Kier alpha value is -2.86. The highest BCUT2D eigenvalue weighted by Gasteiger charge is 2.24. The molecule has 1 aliphatic heterocycles. The van der Waals surface area contributed by atoms with Crippen LogP contribution in [-0.4, -0.2) is 29.7 Å². The van der Waals surface area contributed by atoms with Gasteiger partial charge < -0.3 is 10.1 Å². The topological polar surface area (TPSA) is 98.1 Å². The number of rotatable bonds is 6. The Morgan fingerprint density at radius 3 is 2.82 bits per heavy atom. The summed E-state index contributed by atoms with van der Waals surface area (Å²) in [5, 5.41) is 9.60. The molecule has 0 fully saturated rings. The van der Waals surface area contributed by atoms with Gasteiger partial charge in [0.05, 0.1) is 16.7 Å². The Balaban J connectivity index is 1.50. The van der Waals surface area contributed by atoms with Crippen LogP contribution < -0.4 is 14.8 Å². The molecule has 0 radical (unpaired) electrons. The number of fused-ring (bicyclic) bond motifs is 1. The van der Waals surface area contributed by atoms with Crippen molar-refractivity contribution in [1.29, 1.82) is 0 Å². The van der Waals surface area contributed by atoms with Gasteiger partial charge in [-0.3, -0.25) is 4.72 Å². The number of aryl methyl sites for hydroxylation is 1. The fraction of sp³-hybridized carbons (Fsp3) is 0.143. The van der Waals surface area contributed by atoms with Crippen molar-refractivity contribution in [3.8, 4) is 22.6 Å². The van der Waals surface area contributed by atoms with E-state index in [1.165, 1.54) is 22.2 Å². The molecule has 0 aliphatic carbocycles. The van der Waals surface area contributed by atoms with Gasteiger partial charge in [-0.2, -0.15) is 5.10 Å². The highest BCUT2D eigenvalue weighted by Crippen LogP contribution is 2.42. The first-order valence-electron chi connectivity index (χ1n) is 9.99. The number of hydrogen-bond donors (Lipinski definition) is 2. The van der Waals surface area contributed by atoms with E-state index < -0.39 is 20.7 Å². The molecule has 2 aromatic carbocycles. The van der Waals surface area contributed by atoms with Crippen LogP contribution in [0.3, 0.4) is 0 Å². The predicted octanol–water partition coefficient (Wildman–Crippen LogP) is 5.86. The van der Waals surface area contributed by atoms with Crippen LogP contribution in [0.25, 0.3) is 11.1 Å². The van der Waals surface area contributed by atoms with Crippen molar-refractivity contribution in [2.45, 2.75) is 17.9 Å². The Bertz CT molecular complexity index is 1480. The van der Waals surface area contributed by atoms with Crippen molar-refractivity contribution < 1.29 is 17.5 Å². The van der Waals surface area contributed by atoms with E-state index in [0.29, 0.717) is 16.3 Å². The summed E-state index contributed by atoms with van der Waals surface area (Å²) in [5.41, 5.74) is 2.84. The van der Waals surface area contributed by atoms with Crippen LogP contribution in [0.5, 0.6) is 11.5 Å². The molecule has 5 rings (SSSR count). The van der Waals surface area contributed by atoms with Gasteiger partial charge in [0.25, 0.3) is 10.0 Å². The van der Waals surface area contributed by atoms with Crippen LogP contribution >= 0.6 is 34.5 Å². The van der Waals surface area contributed by atoms with Crippen LogP contribution in [0, 0.1) is 5.82 Å². The molecule has 176 valence electrons. The first-order chi connectivity index (χ1) is 16.3. The smallest absolute Gasteiger partial charge is 0.266 e. The Morgan fingerprint density at radius 1 is 1.18 bits per heavy atom. The summed E-state index contributed by atoms with van der Waals surface area (Å²) in [6.07, 6.45) is 2.66. The average molecular weight is 540 g/mol. The quantitative estimate of drug-likeness (QED) is 0.318. The molecule has 34 heavy (non-hydrogen) atoms. The maximum Gasteiger partial charge on any atom is 0.266 e. The minimum atomic E-state index is -4.24. The highest BCUT2D eigenvalue weighted by atomic mass is 35.5. The van der Waals surface area contributed by atoms with Crippen LogP contribution in [0.2, 0.25) is 10.0 Å². The zero-order valence-electron chi connectivity index (χ0n) is 17.3. The molecule has 1 aliphatic rings. The van der Waals surface area contributed by atoms with Gasteiger partial charge in [-0.15, -0.1) is 11.3 Å². The summed E-state index contributed by atoms with van der Waals surface area (Å²) in [7, 11) is -4.24. The summed E-state index contributed by atoms with van der Waals surface area (Å²) in [4.78, 5) is 3.23. The first kappa shape index (κ1) is 22.9. The molecule has 2 N–H and O–H groups in total. The number of hydrogen-bond acceptors (Lipinski definition) is 7. The van der Waals surface area contributed by atoms with Crippen molar-refractivity contribution in [2.24, 2.45) is 0 Å². The molecule has 3 heterocycles. The molecular weight excluding hydrogens is 524 g/mol. The molecule has 0 atom stereocenters. The average Bonchev–Trinajstić information content (AvgIpc) is 3.46. The standard InChI is InChI=1S/C21H16Cl2FN5O3S2/c22-12-2-3-17(13(6-12)14-9-27-29-5-1-4-25-21(14)29)32-18-8-16(24)19(7-15(18)23)34(30,31)28-20-10-33-11-26-20/h2-3,6-11,25,28H,1,4-5H2. The van der Waals surface area contributed by atoms with Gasteiger partial charge >= 0.3 is 0 Å². The summed E-state index contributed by atoms with van der Waals surface area (Å²) in [6.45, 7) is 1.58. The number of ether oxygens (including phenoxy) is 1. The molecule has 0 saturated carbocycles. The number of halogens is 3. The van der Waals surface area contributed by atoms with Crippen molar-refractivity contribution >= 4 is 56.2 Å². The van der Waals surface area contributed by atoms with E-state index in [1.807, 2.05) is 4.68 Å². The van der Waals surface area contributed by atoms with Crippen LogP contribution in [0.4, 0.5) is 16.0 Å². The maximum absolute atomic E-state index is 14.9. The zero-order chi connectivity index (χ0) is 23.9. The Labute approximate surface area is 208 Å². The lowest BCUT2D eigenvalue weighted by molar-refractivity contribution is 0.475. The summed E-state index contributed by atoms with van der Waals surface area (Å²) in [6, 6.07) is 6.91. The van der Waals surface area contributed by atoms with E-state index in [9.17, 15) is 12.8 Å². The van der Waals surface area contributed by atoms with Crippen LogP contribution in [0.15, 0.2) is 52.3 Å². The molecule has 0 saturated heterocycles. The fourth-order valence-corrected chi connectivity index (χ4v) is 5.63. The van der Waals surface area contributed by atoms with Crippen molar-refractivity contribution in [3.63, 3.8) is 0 Å².